The van der Waals surface area contributed by atoms with Gasteiger partial charge in [-0.15, -0.1) is 0 Å². The predicted octanol–water partition coefficient (Wildman–Crippen LogP) is -0.372. The molecular weight excluding hydrogens is 253 g/mol. The third-order valence-corrected chi connectivity index (χ3v) is 4.93. The Morgan fingerprint density at radius 2 is 1.95 bits per heavy atom. The second-order valence-electron chi connectivity index (χ2n) is 6.47. The van der Waals surface area contributed by atoms with Crippen LogP contribution in [0.4, 0.5) is 0 Å². The van der Waals surface area contributed by atoms with Crippen LogP contribution in [0.25, 0.3) is 0 Å². The monoisotopic (exact) mass is 281 g/mol. The van der Waals surface area contributed by atoms with E-state index in [1.165, 1.54) is 25.9 Å². The Labute approximate surface area is 122 Å². The SMILES string of the molecule is BCCC[C@H]1CN(CCN2CCCC2)C[C@@]1(N)C(=O)O. The van der Waals surface area contributed by atoms with Crippen molar-refractivity contribution in [3.8, 4) is 0 Å². The van der Waals surface area contributed by atoms with Crippen LogP contribution in [0.3, 0.4) is 0 Å². The Kier molecular flexibility index (Phi) is 5.46. The molecular formula is C14H28BN3O2. The minimum absolute atomic E-state index is 0.0959. The summed E-state index contributed by atoms with van der Waals surface area (Å²) in [7, 11) is 2.14. The molecule has 3 N–H and O–H groups in total. The fourth-order valence-electron chi connectivity index (χ4n) is 3.54. The second-order valence-corrected chi connectivity index (χ2v) is 6.47. The van der Waals surface area contributed by atoms with E-state index < -0.39 is 11.5 Å². The van der Waals surface area contributed by atoms with Gasteiger partial charge in [-0.3, -0.25) is 9.69 Å². The molecule has 0 aromatic rings. The zero-order valence-electron chi connectivity index (χ0n) is 12.7. The van der Waals surface area contributed by atoms with Gasteiger partial charge >= 0.3 is 5.97 Å². The van der Waals surface area contributed by atoms with Crippen LogP contribution in [0.15, 0.2) is 0 Å². The first-order chi connectivity index (χ1) is 9.56. The summed E-state index contributed by atoms with van der Waals surface area (Å²) >= 11 is 0. The maximum atomic E-state index is 11.5. The molecule has 2 aliphatic heterocycles. The summed E-state index contributed by atoms with van der Waals surface area (Å²) < 4.78 is 0. The molecule has 0 radical (unpaired) electrons. The van der Waals surface area contributed by atoms with Crippen LogP contribution in [-0.2, 0) is 4.79 Å². The van der Waals surface area contributed by atoms with Crippen LogP contribution in [0.1, 0.15) is 25.7 Å². The molecule has 0 spiro atoms. The zero-order valence-corrected chi connectivity index (χ0v) is 12.7. The van der Waals surface area contributed by atoms with Gasteiger partial charge < -0.3 is 15.7 Å². The van der Waals surface area contributed by atoms with Crippen molar-refractivity contribution in [3.63, 3.8) is 0 Å². The number of carboxylic acid groups (broad SMARTS) is 1. The molecule has 0 saturated carbocycles. The largest absolute Gasteiger partial charge is 0.480 e. The fourth-order valence-corrected chi connectivity index (χ4v) is 3.54. The van der Waals surface area contributed by atoms with E-state index in [0.717, 1.165) is 38.8 Å². The minimum atomic E-state index is -1.04. The van der Waals surface area contributed by atoms with Gasteiger partial charge in [0.2, 0.25) is 0 Å². The van der Waals surface area contributed by atoms with Gasteiger partial charge in [-0.25, -0.2) is 0 Å². The van der Waals surface area contributed by atoms with E-state index in [9.17, 15) is 9.90 Å². The van der Waals surface area contributed by atoms with E-state index in [0.29, 0.717) is 6.54 Å². The Balaban J connectivity index is 1.87. The standard InChI is InChI=1S/C14H28BN3O2/c15-5-3-4-12-10-18(11-14(12,16)13(19)20)9-8-17-6-1-2-7-17/h12H,1-11,15-16H2,(H,19,20)/t12-,14-/m0/s1. The average Bonchev–Trinajstić information content (AvgIpc) is 3.02. The number of hydrogen-bond acceptors (Lipinski definition) is 4. The lowest BCUT2D eigenvalue weighted by Gasteiger charge is -2.25. The first kappa shape index (κ1) is 15.8. The quantitative estimate of drug-likeness (QED) is 0.623. The molecule has 0 bridgehead atoms. The Morgan fingerprint density at radius 1 is 1.30 bits per heavy atom. The summed E-state index contributed by atoms with van der Waals surface area (Å²) in [6, 6.07) is 0. The van der Waals surface area contributed by atoms with Crippen molar-refractivity contribution in [2.75, 3.05) is 39.3 Å². The molecule has 20 heavy (non-hydrogen) atoms. The molecule has 5 nitrogen and oxygen atoms in total. The second kappa shape index (κ2) is 6.92. The van der Waals surface area contributed by atoms with E-state index in [-0.39, 0.29) is 5.92 Å². The smallest absolute Gasteiger partial charge is 0.325 e. The van der Waals surface area contributed by atoms with Crippen molar-refractivity contribution in [2.24, 2.45) is 11.7 Å². The topological polar surface area (TPSA) is 69.8 Å². The van der Waals surface area contributed by atoms with Crippen LogP contribution < -0.4 is 5.73 Å². The molecule has 0 unspecified atom stereocenters. The summed E-state index contributed by atoms with van der Waals surface area (Å²) in [5.74, 6) is -0.735. The Morgan fingerprint density at radius 3 is 2.55 bits per heavy atom. The van der Waals surface area contributed by atoms with Crippen LogP contribution >= 0.6 is 0 Å². The third kappa shape index (κ3) is 3.54. The Bertz CT molecular complexity index is 336. The first-order valence-corrected chi connectivity index (χ1v) is 8.03. The maximum Gasteiger partial charge on any atom is 0.325 e. The van der Waals surface area contributed by atoms with E-state index in [1.807, 2.05) is 0 Å². The number of hydrogen-bond donors (Lipinski definition) is 2. The van der Waals surface area contributed by atoms with E-state index in [1.54, 1.807) is 0 Å². The first-order valence-electron chi connectivity index (χ1n) is 8.03. The maximum absolute atomic E-state index is 11.5. The van der Waals surface area contributed by atoms with Gasteiger partial charge in [-0.1, -0.05) is 12.7 Å². The van der Waals surface area contributed by atoms with Crippen molar-refractivity contribution in [1.29, 1.82) is 0 Å². The third-order valence-electron chi connectivity index (χ3n) is 4.93. The molecule has 2 atom stereocenters. The van der Waals surface area contributed by atoms with Gasteiger partial charge in [0.15, 0.2) is 0 Å². The summed E-state index contributed by atoms with van der Waals surface area (Å²) in [5, 5.41) is 9.48. The lowest BCUT2D eigenvalue weighted by atomic mass is 9.83. The number of nitrogens with zero attached hydrogens (tertiary/aromatic N) is 2. The summed E-state index contributed by atoms with van der Waals surface area (Å²) in [4.78, 5) is 16.3. The molecule has 2 fully saturated rings. The molecule has 0 aromatic carbocycles. The molecule has 2 heterocycles. The van der Waals surface area contributed by atoms with Crippen LogP contribution in [0.5, 0.6) is 0 Å². The molecule has 6 heteroatoms. The highest BCUT2D eigenvalue weighted by molar-refractivity contribution is 6.08. The molecule has 2 rings (SSSR count). The molecule has 2 aliphatic rings. The van der Waals surface area contributed by atoms with E-state index >= 15 is 0 Å². The van der Waals surface area contributed by atoms with Gasteiger partial charge in [0.25, 0.3) is 0 Å². The summed E-state index contributed by atoms with van der Waals surface area (Å²) in [5.41, 5.74) is 5.16. The summed E-state index contributed by atoms with van der Waals surface area (Å²) in [6.07, 6.45) is 5.69. The number of nitrogens with two attached hydrogens (primary N) is 1. The number of rotatable bonds is 7. The number of aliphatic carboxylic acids is 1. The highest BCUT2D eigenvalue weighted by Gasteiger charge is 2.48. The van der Waals surface area contributed by atoms with Crippen molar-refractivity contribution < 1.29 is 9.90 Å². The molecule has 114 valence electrons. The number of likely N-dealkylation sites (tertiary alicyclic amines) is 2. The van der Waals surface area contributed by atoms with Crippen molar-refractivity contribution >= 4 is 13.8 Å². The van der Waals surface area contributed by atoms with Crippen molar-refractivity contribution in [2.45, 2.75) is 37.5 Å². The Hall–Kier alpha value is -0.585. The molecule has 2 saturated heterocycles. The van der Waals surface area contributed by atoms with Crippen LogP contribution in [-0.4, -0.2) is 73.5 Å². The van der Waals surface area contributed by atoms with Crippen LogP contribution in [0.2, 0.25) is 6.32 Å². The van der Waals surface area contributed by atoms with Crippen molar-refractivity contribution in [3.05, 3.63) is 0 Å². The molecule has 0 aliphatic carbocycles. The van der Waals surface area contributed by atoms with E-state index in [2.05, 4.69) is 17.6 Å². The van der Waals surface area contributed by atoms with Crippen LogP contribution in [0, 0.1) is 5.92 Å². The van der Waals surface area contributed by atoms with E-state index in [4.69, 9.17) is 5.73 Å². The number of carboxylic acids is 1. The predicted molar refractivity (Wildman–Crippen MR) is 82.7 cm³/mol. The average molecular weight is 281 g/mol. The van der Waals surface area contributed by atoms with Gasteiger partial charge in [0, 0.05) is 32.1 Å². The fraction of sp³-hybridized carbons (Fsp3) is 0.929. The lowest BCUT2D eigenvalue weighted by Crippen LogP contribution is -2.55. The molecule has 0 amide bonds. The van der Waals surface area contributed by atoms with Gasteiger partial charge in [-0.05, 0) is 32.4 Å². The highest BCUT2D eigenvalue weighted by Crippen LogP contribution is 2.30. The van der Waals surface area contributed by atoms with Gasteiger partial charge in [0.1, 0.15) is 13.4 Å². The summed E-state index contributed by atoms with van der Waals surface area (Å²) in [6.45, 7) is 5.74. The highest BCUT2D eigenvalue weighted by atomic mass is 16.4. The van der Waals surface area contributed by atoms with Gasteiger partial charge in [0.05, 0.1) is 0 Å². The normalized spacial score (nSPS) is 31.9. The van der Waals surface area contributed by atoms with Crippen molar-refractivity contribution in [1.82, 2.24) is 9.80 Å². The lowest BCUT2D eigenvalue weighted by molar-refractivity contribution is -0.144. The zero-order chi connectivity index (χ0) is 14.6. The molecule has 0 aromatic heterocycles. The minimum Gasteiger partial charge on any atom is -0.480 e. The number of carbonyl (C=O) groups is 1. The van der Waals surface area contributed by atoms with Gasteiger partial charge in [-0.2, -0.15) is 0 Å².